The van der Waals surface area contributed by atoms with E-state index < -0.39 is 0 Å². The lowest BCUT2D eigenvalue weighted by molar-refractivity contribution is -0.133. The average molecular weight is 331 g/mol. The van der Waals surface area contributed by atoms with Gasteiger partial charge in [0.05, 0.1) is 0 Å². The minimum absolute atomic E-state index is 0.0818. The van der Waals surface area contributed by atoms with Crippen molar-refractivity contribution in [2.75, 3.05) is 39.9 Å². The van der Waals surface area contributed by atoms with Gasteiger partial charge in [-0.2, -0.15) is 0 Å². The molecule has 3 heterocycles. The fourth-order valence-electron chi connectivity index (χ4n) is 3.17. The van der Waals surface area contributed by atoms with Crippen LogP contribution in [0.1, 0.15) is 18.5 Å². The van der Waals surface area contributed by atoms with Crippen molar-refractivity contribution in [3.63, 3.8) is 0 Å². The Morgan fingerprint density at radius 3 is 2.83 bits per heavy atom. The van der Waals surface area contributed by atoms with E-state index in [4.69, 9.17) is 9.47 Å². The quantitative estimate of drug-likeness (QED) is 0.817. The van der Waals surface area contributed by atoms with Crippen LogP contribution in [-0.4, -0.2) is 66.6 Å². The molecular formula is C18H25N3O3. The molecule has 6 nitrogen and oxygen atoms in total. The van der Waals surface area contributed by atoms with Gasteiger partial charge >= 0.3 is 0 Å². The number of piperidine rings is 1. The largest absolute Gasteiger partial charge is 0.494 e. The first-order valence-electron chi connectivity index (χ1n) is 8.58. The molecule has 0 atom stereocenters. The zero-order valence-corrected chi connectivity index (χ0v) is 14.2. The van der Waals surface area contributed by atoms with Crippen LogP contribution in [0.3, 0.4) is 0 Å². The molecule has 1 fully saturated rings. The maximum Gasteiger partial charge on any atom is 0.292 e. The Hall–Kier alpha value is -2.08. The first-order chi connectivity index (χ1) is 11.7. The highest BCUT2D eigenvalue weighted by Crippen LogP contribution is 2.18. The Kier molecular flexibility index (Phi) is 5.69. The standard InChI is InChI=1S/C18H25N3O3/c1-20(18(22)17-14-23-12-13-24-17)16-6-10-21(11-7-16)9-5-15-4-2-3-8-19-15/h2-4,8,14,16H,5-7,9-13H2,1H3. The normalized spacial score (nSPS) is 19.1. The van der Waals surface area contributed by atoms with E-state index in [-0.39, 0.29) is 11.9 Å². The highest BCUT2D eigenvalue weighted by atomic mass is 16.6. The number of hydrogen-bond donors (Lipinski definition) is 0. The van der Waals surface area contributed by atoms with Crippen LogP contribution < -0.4 is 0 Å². The van der Waals surface area contributed by atoms with E-state index >= 15 is 0 Å². The first kappa shape index (κ1) is 16.8. The predicted octanol–water partition coefficient (Wildman–Crippen LogP) is 1.44. The number of aromatic nitrogens is 1. The van der Waals surface area contributed by atoms with E-state index in [0.717, 1.165) is 44.6 Å². The zero-order valence-electron chi connectivity index (χ0n) is 14.2. The molecule has 3 rings (SSSR count). The van der Waals surface area contributed by atoms with Crippen molar-refractivity contribution in [3.05, 3.63) is 42.1 Å². The SMILES string of the molecule is CN(C(=O)C1=COCCO1)C1CCN(CCc2ccccn2)CC1. The van der Waals surface area contributed by atoms with Crippen molar-refractivity contribution in [1.82, 2.24) is 14.8 Å². The van der Waals surface area contributed by atoms with Crippen LogP contribution in [0.2, 0.25) is 0 Å². The Bertz CT molecular complexity index is 568. The van der Waals surface area contributed by atoms with Crippen LogP contribution in [-0.2, 0) is 20.7 Å². The molecule has 0 aromatic carbocycles. The summed E-state index contributed by atoms with van der Waals surface area (Å²) >= 11 is 0. The second-order valence-electron chi connectivity index (χ2n) is 6.26. The summed E-state index contributed by atoms with van der Waals surface area (Å²) < 4.78 is 10.6. The van der Waals surface area contributed by atoms with Gasteiger partial charge in [0, 0.05) is 51.0 Å². The number of rotatable bonds is 5. The molecule has 130 valence electrons. The molecule has 0 bridgehead atoms. The Morgan fingerprint density at radius 1 is 1.33 bits per heavy atom. The van der Waals surface area contributed by atoms with Gasteiger partial charge in [-0.1, -0.05) is 6.07 Å². The van der Waals surface area contributed by atoms with Crippen LogP contribution in [0.5, 0.6) is 0 Å². The number of likely N-dealkylation sites (tertiary alicyclic amines) is 1. The van der Waals surface area contributed by atoms with Crippen molar-refractivity contribution < 1.29 is 14.3 Å². The number of carbonyl (C=O) groups is 1. The minimum atomic E-state index is -0.0818. The molecule has 1 saturated heterocycles. The number of pyridine rings is 1. The lowest BCUT2D eigenvalue weighted by Gasteiger charge is -2.37. The second kappa shape index (κ2) is 8.15. The molecule has 1 aromatic rings. The fraction of sp³-hybridized carbons (Fsp3) is 0.556. The van der Waals surface area contributed by atoms with Gasteiger partial charge in [-0.05, 0) is 25.0 Å². The van der Waals surface area contributed by atoms with E-state index in [9.17, 15) is 4.79 Å². The third-order valence-corrected chi connectivity index (χ3v) is 4.70. The summed E-state index contributed by atoms with van der Waals surface area (Å²) in [4.78, 5) is 21.0. The number of likely N-dealkylation sites (N-methyl/N-ethyl adjacent to an activating group) is 1. The Morgan fingerprint density at radius 2 is 2.17 bits per heavy atom. The number of ether oxygens (including phenoxy) is 2. The van der Waals surface area contributed by atoms with Crippen LogP contribution >= 0.6 is 0 Å². The second-order valence-corrected chi connectivity index (χ2v) is 6.26. The summed E-state index contributed by atoms with van der Waals surface area (Å²) in [6.07, 6.45) is 6.22. The summed E-state index contributed by atoms with van der Waals surface area (Å²) in [7, 11) is 1.86. The van der Waals surface area contributed by atoms with Crippen molar-refractivity contribution >= 4 is 5.91 Å². The number of hydrogen-bond acceptors (Lipinski definition) is 5. The fourth-order valence-corrected chi connectivity index (χ4v) is 3.17. The molecule has 0 spiro atoms. The first-order valence-corrected chi connectivity index (χ1v) is 8.58. The van der Waals surface area contributed by atoms with E-state index in [1.165, 1.54) is 6.26 Å². The van der Waals surface area contributed by atoms with Crippen molar-refractivity contribution in [1.29, 1.82) is 0 Å². The molecule has 0 saturated carbocycles. The molecule has 0 N–H and O–H groups in total. The summed E-state index contributed by atoms with van der Waals surface area (Å²) in [6, 6.07) is 6.30. The summed E-state index contributed by atoms with van der Waals surface area (Å²) in [5.41, 5.74) is 1.13. The van der Waals surface area contributed by atoms with Crippen LogP contribution in [0.15, 0.2) is 36.4 Å². The van der Waals surface area contributed by atoms with Crippen LogP contribution in [0.25, 0.3) is 0 Å². The highest BCUT2D eigenvalue weighted by molar-refractivity contribution is 5.91. The van der Waals surface area contributed by atoms with Gasteiger partial charge < -0.3 is 19.3 Å². The average Bonchev–Trinajstić information content (AvgIpc) is 2.67. The van der Waals surface area contributed by atoms with Gasteiger partial charge in [0.1, 0.15) is 19.5 Å². The molecule has 0 radical (unpaired) electrons. The summed E-state index contributed by atoms with van der Waals surface area (Å²) in [5, 5.41) is 0. The molecule has 0 unspecified atom stereocenters. The Balaban J connectivity index is 1.44. The van der Waals surface area contributed by atoms with Gasteiger partial charge in [-0.3, -0.25) is 9.78 Å². The minimum Gasteiger partial charge on any atom is -0.494 e. The number of amides is 1. The third kappa shape index (κ3) is 4.26. The lowest BCUT2D eigenvalue weighted by Crippen LogP contribution is -2.46. The van der Waals surface area contributed by atoms with Gasteiger partial charge in [0.25, 0.3) is 5.91 Å². The summed E-state index contributed by atoms with van der Waals surface area (Å²) in [5.74, 6) is 0.239. The van der Waals surface area contributed by atoms with Crippen molar-refractivity contribution in [3.8, 4) is 0 Å². The van der Waals surface area contributed by atoms with E-state index in [2.05, 4.69) is 16.0 Å². The third-order valence-electron chi connectivity index (χ3n) is 4.70. The highest BCUT2D eigenvalue weighted by Gasteiger charge is 2.28. The molecular weight excluding hydrogens is 306 g/mol. The number of carbonyl (C=O) groups excluding carboxylic acids is 1. The lowest BCUT2D eigenvalue weighted by atomic mass is 10.0. The monoisotopic (exact) mass is 331 g/mol. The molecule has 1 amide bonds. The summed E-state index contributed by atoms with van der Waals surface area (Å²) in [6.45, 7) is 3.98. The topological polar surface area (TPSA) is 54.9 Å². The Labute approximate surface area is 143 Å². The van der Waals surface area contributed by atoms with Gasteiger partial charge in [-0.25, -0.2) is 0 Å². The maximum atomic E-state index is 12.4. The van der Waals surface area contributed by atoms with Crippen molar-refractivity contribution in [2.45, 2.75) is 25.3 Å². The molecule has 6 heteroatoms. The van der Waals surface area contributed by atoms with E-state index in [0.29, 0.717) is 19.0 Å². The van der Waals surface area contributed by atoms with E-state index in [1.54, 1.807) is 4.90 Å². The smallest absolute Gasteiger partial charge is 0.292 e. The molecule has 2 aliphatic heterocycles. The van der Waals surface area contributed by atoms with E-state index in [1.807, 2.05) is 25.4 Å². The molecule has 2 aliphatic rings. The van der Waals surface area contributed by atoms with Crippen LogP contribution in [0.4, 0.5) is 0 Å². The number of nitrogens with zero attached hydrogens (tertiary/aromatic N) is 3. The van der Waals surface area contributed by atoms with Gasteiger partial charge in [0.15, 0.2) is 0 Å². The predicted molar refractivity (Wildman–Crippen MR) is 90.2 cm³/mol. The molecule has 1 aromatic heterocycles. The molecule has 24 heavy (non-hydrogen) atoms. The zero-order chi connectivity index (χ0) is 16.8. The van der Waals surface area contributed by atoms with Crippen molar-refractivity contribution in [2.24, 2.45) is 0 Å². The maximum absolute atomic E-state index is 12.4. The van der Waals surface area contributed by atoms with Gasteiger partial charge in [0.2, 0.25) is 5.76 Å². The van der Waals surface area contributed by atoms with Crippen LogP contribution in [0, 0.1) is 0 Å². The molecule has 0 aliphatic carbocycles. The van der Waals surface area contributed by atoms with Gasteiger partial charge in [-0.15, -0.1) is 0 Å².